The number of rotatable bonds is 7. The summed E-state index contributed by atoms with van der Waals surface area (Å²) >= 11 is 7.41. The van der Waals surface area contributed by atoms with Crippen LogP contribution in [0.3, 0.4) is 0 Å². The van der Waals surface area contributed by atoms with Crippen molar-refractivity contribution in [1.29, 1.82) is 0 Å². The van der Waals surface area contributed by atoms with Crippen LogP contribution in [0.1, 0.15) is 37.8 Å². The second kappa shape index (κ2) is 9.43. The van der Waals surface area contributed by atoms with Gasteiger partial charge >= 0.3 is 5.97 Å². The number of thioether (sulfide) groups is 1. The summed E-state index contributed by atoms with van der Waals surface area (Å²) in [5.41, 5.74) is 0.548. The Bertz CT molecular complexity index is 1030. The zero-order valence-corrected chi connectivity index (χ0v) is 20.1. The maximum absolute atomic E-state index is 15.3. The quantitative estimate of drug-likeness (QED) is 0.518. The van der Waals surface area contributed by atoms with Gasteiger partial charge in [-0.2, -0.15) is 0 Å². The molecular formula is C25H27ClF2O4S. The minimum Gasteiger partial charge on any atom is -0.490 e. The highest BCUT2D eigenvalue weighted by molar-refractivity contribution is 8.01. The lowest BCUT2D eigenvalue weighted by molar-refractivity contribution is -0.138. The molecule has 0 spiro atoms. The van der Waals surface area contributed by atoms with E-state index in [4.69, 9.17) is 21.1 Å². The first-order valence-corrected chi connectivity index (χ1v) is 12.3. The molecule has 0 amide bonds. The minimum absolute atomic E-state index is 0.0118. The molecule has 0 bridgehead atoms. The molecule has 0 aliphatic carbocycles. The van der Waals surface area contributed by atoms with Gasteiger partial charge in [-0.25, -0.2) is 8.78 Å². The van der Waals surface area contributed by atoms with Gasteiger partial charge in [-0.15, -0.1) is 11.8 Å². The second-order valence-corrected chi connectivity index (χ2v) is 11.4. The van der Waals surface area contributed by atoms with Crippen molar-refractivity contribution in [3.63, 3.8) is 0 Å². The van der Waals surface area contributed by atoms with Crippen LogP contribution in [0.5, 0.6) is 5.75 Å². The summed E-state index contributed by atoms with van der Waals surface area (Å²) in [4.78, 5) is 11.5. The van der Waals surface area contributed by atoms with Crippen LogP contribution in [0.2, 0.25) is 5.02 Å². The molecule has 8 heteroatoms. The fourth-order valence-corrected chi connectivity index (χ4v) is 6.10. The summed E-state index contributed by atoms with van der Waals surface area (Å²) < 4.78 is 40.9. The Kier molecular flexibility index (Phi) is 6.95. The van der Waals surface area contributed by atoms with Gasteiger partial charge in [0.25, 0.3) is 0 Å². The number of hydrogen-bond donors (Lipinski definition) is 1. The average Bonchev–Trinajstić information content (AvgIpc) is 2.77. The van der Waals surface area contributed by atoms with E-state index in [2.05, 4.69) is 0 Å². The third-order valence-electron chi connectivity index (χ3n) is 6.82. The molecule has 2 heterocycles. The number of carbonyl (C=O) groups is 1. The lowest BCUT2D eigenvalue weighted by Crippen LogP contribution is -2.55. The predicted molar refractivity (Wildman–Crippen MR) is 125 cm³/mol. The number of carboxylic acid groups (broad SMARTS) is 1. The molecule has 2 aromatic rings. The highest BCUT2D eigenvalue weighted by atomic mass is 35.5. The summed E-state index contributed by atoms with van der Waals surface area (Å²) in [5, 5.41) is 10.0. The van der Waals surface area contributed by atoms with E-state index in [1.807, 2.05) is 12.1 Å². The van der Waals surface area contributed by atoms with Crippen molar-refractivity contribution < 1.29 is 28.2 Å². The lowest BCUT2D eigenvalue weighted by atomic mass is 9.60. The monoisotopic (exact) mass is 496 g/mol. The first kappa shape index (κ1) is 24.3. The van der Waals surface area contributed by atoms with Crippen molar-refractivity contribution >= 4 is 29.3 Å². The van der Waals surface area contributed by atoms with Crippen molar-refractivity contribution in [2.45, 2.75) is 49.4 Å². The number of hydrogen-bond acceptors (Lipinski definition) is 4. The van der Waals surface area contributed by atoms with Crippen molar-refractivity contribution in [1.82, 2.24) is 0 Å². The maximum Gasteiger partial charge on any atom is 0.319 e. The lowest BCUT2D eigenvalue weighted by Gasteiger charge is -2.51. The molecule has 0 aromatic heterocycles. The third kappa shape index (κ3) is 4.73. The highest BCUT2D eigenvalue weighted by Gasteiger charge is 2.53. The molecule has 1 saturated heterocycles. The minimum atomic E-state index is -0.917. The number of fused-ring (bicyclic) bond motifs is 3. The Labute approximate surface area is 201 Å². The highest BCUT2D eigenvalue weighted by Crippen LogP contribution is 2.53. The molecule has 1 fully saturated rings. The van der Waals surface area contributed by atoms with Crippen molar-refractivity contribution in [3.05, 3.63) is 64.2 Å². The number of benzene rings is 2. The maximum atomic E-state index is 15.3. The van der Waals surface area contributed by atoms with E-state index in [0.717, 1.165) is 11.6 Å². The van der Waals surface area contributed by atoms with Crippen LogP contribution in [0.25, 0.3) is 0 Å². The predicted octanol–water partition coefficient (Wildman–Crippen LogP) is 5.88. The van der Waals surface area contributed by atoms with E-state index in [-0.39, 0.29) is 29.9 Å². The number of halogens is 3. The Morgan fingerprint density at radius 1 is 1.21 bits per heavy atom. The molecule has 0 saturated carbocycles. The standard InChI is InChI=1S/C25H27ClF2O4S/c1-24(2,23(29)30)33-12-9-20-17-14-32-22-19(28)8-7-18(27)21(22)25(17,10-11-31-20)13-15-3-5-16(26)6-4-15/h3-8,17,20H,9-14H2,1-2H3,(H,29,30)/t17-,20-,25-/m0/s1. The van der Waals surface area contributed by atoms with Crippen LogP contribution in [0.4, 0.5) is 8.78 Å². The molecule has 4 rings (SSSR count). The molecule has 4 nitrogen and oxygen atoms in total. The SMILES string of the molecule is CC(C)(SCC[C@@H]1OCC[C@@]2(Cc3ccc(Cl)cc3)c3c(F)ccc(F)c3OC[C@@H]12)C(=O)O. The molecule has 178 valence electrons. The zero-order valence-electron chi connectivity index (χ0n) is 18.6. The number of carboxylic acids is 1. The molecule has 3 atom stereocenters. The van der Waals surface area contributed by atoms with Gasteiger partial charge in [0.15, 0.2) is 11.6 Å². The van der Waals surface area contributed by atoms with E-state index in [9.17, 15) is 14.3 Å². The van der Waals surface area contributed by atoms with Crippen molar-refractivity contribution in [3.8, 4) is 5.75 Å². The van der Waals surface area contributed by atoms with Crippen LogP contribution in [-0.2, 0) is 21.4 Å². The Morgan fingerprint density at radius 3 is 2.61 bits per heavy atom. The van der Waals surface area contributed by atoms with E-state index >= 15 is 4.39 Å². The van der Waals surface area contributed by atoms with E-state index in [1.165, 1.54) is 17.8 Å². The summed E-state index contributed by atoms with van der Waals surface area (Å²) in [6.07, 6.45) is 1.35. The molecule has 2 aliphatic heterocycles. The summed E-state index contributed by atoms with van der Waals surface area (Å²) in [6.45, 7) is 3.95. The molecule has 1 N–H and O–H groups in total. The van der Waals surface area contributed by atoms with Crippen LogP contribution in [0.15, 0.2) is 36.4 Å². The van der Waals surface area contributed by atoms with Gasteiger partial charge in [-0.1, -0.05) is 23.7 Å². The first-order valence-electron chi connectivity index (χ1n) is 11.0. The zero-order chi connectivity index (χ0) is 23.8. The third-order valence-corrected chi connectivity index (χ3v) is 8.40. The summed E-state index contributed by atoms with van der Waals surface area (Å²) in [7, 11) is 0. The van der Waals surface area contributed by atoms with Crippen molar-refractivity contribution in [2.24, 2.45) is 5.92 Å². The number of aliphatic carboxylic acids is 1. The van der Waals surface area contributed by atoms with Crippen LogP contribution < -0.4 is 4.74 Å². The Balaban J connectivity index is 1.69. The Morgan fingerprint density at radius 2 is 1.91 bits per heavy atom. The molecule has 33 heavy (non-hydrogen) atoms. The van der Waals surface area contributed by atoms with Gasteiger partial charge < -0.3 is 14.6 Å². The van der Waals surface area contributed by atoms with Gasteiger partial charge in [0, 0.05) is 28.5 Å². The molecule has 0 radical (unpaired) electrons. The van der Waals surface area contributed by atoms with Crippen LogP contribution >= 0.6 is 23.4 Å². The van der Waals surface area contributed by atoms with E-state index in [0.29, 0.717) is 36.6 Å². The summed E-state index contributed by atoms with van der Waals surface area (Å²) in [6, 6.07) is 9.69. The first-order chi connectivity index (χ1) is 15.6. The van der Waals surface area contributed by atoms with Gasteiger partial charge in [0.2, 0.25) is 0 Å². The van der Waals surface area contributed by atoms with Crippen LogP contribution in [-0.4, -0.2) is 40.9 Å². The number of ether oxygens (including phenoxy) is 2. The largest absolute Gasteiger partial charge is 0.490 e. The smallest absolute Gasteiger partial charge is 0.319 e. The normalized spacial score (nSPS) is 24.5. The average molecular weight is 497 g/mol. The van der Waals surface area contributed by atoms with Gasteiger partial charge in [0.05, 0.1) is 12.7 Å². The van der Waals surface area contributed by atoms with E-state index in [1.54, 1.807) is 26.0 Å². The topological polar surface area (TPSA) is 55.8 Å². The summed E-state index contributed by atoms with van der Waals surface area (Å²) in [5.74, 6) is -1.58. The van der Waals surface area contributed by atoms with Gasteiger partial charge in [-0.05, 0) is 68.7 Å². The molecular weight excluding hydrogens is 470 g/mol. The van der Waals surface area contributed by atoms with Gasteiger partial charge in [0.1, 0.15) is 10.6 Å². The van der Waals surface area contributed by atoms with E-state index < -0.39 is 27.8 Å². The molecule has 0 unspecified atom stereocenters. The van der Waals surface area contributed by atoms with Crippen LogP contribution in [0, 0.1) is 17.6 Å². The van der Waals surface area contributed by atoms with Gasteiger partial charge in [-0.3, -0.25) is 4.79 Å². The second-order valence-electron chi connectivity index (χ2n) is 9.22. The fourth-order valence-electron chi connectivity index (χ4n) is 4.99. The molecule has 2 aliphatic rings. The molecule has 2 aromatic carbocycles. The Hall–Kier alpha value is -1.83. The van der Waals surface area contributed by atoms with Crippen molar-refractivity contribution in [2.75, 3.05) is 19.0 Å². The fraction of sp³-hybridized carbons (Fsp3) is 0.480.